The summed E-state index contributed by atoms with van der Waals surface area (Å²) in [6.07, 6.45) is 7.76. The van der Waals surface area contributed by atoms with Crippen molar-refractivity contribution in [2.24, 2.45) is 5.41 Å². The van der Waals surface area contributed by atoms with Crippen LogP contribution in [0, 0.1) is 5.41 Å². The molecule has 1 saturated carbocycles. The van der Waals surface area contributed by atoms with E-state index in [9.17, 15) is 9.90 Å². The zero-order valence-electron chi connectivity index (χ0n) is 14.4. The predicted octanol–water partition coefficient (Wildman–Crippen LogP) is 2.25. The van der Waals surface area contributed by atoms with Crippen molar-refractivity contribution in [3.8, 4) is 0 Å². The molecule has 0 bridgehead atoms. The fraction of sp³-hybridized carbons (Fsp3) is 0.722. The molecule has 2 aliphatic heterocycles. The second kappa shape index (κ2) is 6.72. The van der Waals surface area contributed by atoms with Crippen molar-refractivity contribution in [3.05, 3.63) is 17.4 Å². The average molecular weight is 365 g/mol. The van der Waals surface area contributed by atoms with Crippen LogP contribution in [0.2, 0.25) is 5.15 Å². The lowest BCUT2D eigenvalue weighted by Gasteiger charge is -2.40. The summed E-state index contributed by atoms with van der Waals surface area (Å²) in [5.41, 5.74) is -0.306. The Hall–Kier alpha value is -1.40. The van der Waals surface area contributed by atoms with Crippen LogP contribution in [0.1, 0.15) is 44.9 Å². The molecule has 2 saturated heterocycles. The number of anilines is 1. The zero-order valence-corrected chi connectivity index (χ0v) is 15.2. The van der Waals surface area contributed by atoms with Gasteiger partial charge >= 0.3 is 0 Å². The molecule has 1 unspecified atom stereocenters. The average Bonchev–Trinajstić information content (AvgIpc) is 2.92. The highest BCUT2D eigenvalue weighted by Gasteiger charge is 2.50. The summed E-state index contributed by atoms with van der Waals surface area (Å²) in [5, 5.41) is 10.2. The first-order chi connectivity index (χ1) is 12.1. The minimum atomic E-state index is -0.306. The molecular formula is C18H25ClN4O2. The van der Waals surface area contributed by atoms with Gasteiger partial charge in [-0.15, -0.1) is 0 Å². The van der Waals surface area contributed by atoms with E-state index < -0.39 is 0 Å². The smallest absolute Gasteiger partial charge is 0.230 e. The Kier molecular flexibility index (Phi) is 4.58. The number of hydrogen-bond acceptors (Lipinski definition) is 5. The van der Waals surface area contributed by atoms with Crippen LogP contribution in [0.5, 0.6) is 0 Å². The number of amides is 1. The molecule has 3 aliphatic rings. The molecule has 3 heterocycles. The standard InChI is InChI=1S/C18H25ClN4O2/c19-15-6-9-20-17(21-15)22-10-1-7-18(12-22)8-11-23(16(18)25)13-2-4-14(24)5-3-13/h6,9,13-14,24H,1-5,7-8,10-12H2. The van der Waals surface area contributed by atoms with Gasteiger partial charge in [0.2, 0.25) is 11.9 Å². The Morgan fingerprint density at radius 3 is 2.76 bits per heavy atom. The molecule has 1 atom stereocenters. The summed E-state index contributed by atoms with van der Waals surface area (Å²) in [4.78, 5) is 26.1. The topological polar surface area (TPSA) is 69.6 Å². The van der Waals surface area contributed by atoms with E-state index in [1.54, 1.807) is 12.3 Å². The number of aliphatic hydroxyl groups is 1. The number of carbonyl (C=O) groups excluding carboxylic acids is 1. The predicted molar refractivity (Wildman–Crippen MR) is 95.5 cm³/mol. The number of aromatic nitrogens is 2. The lowest BCUT2D eigenvalue weighted by Crippen LogP contribution is -2.50. The normalized spacial score (nSPS) is 33.3. The van der Waals surface area contributed by atoms with Gasteiger partial charge in [-0.1, -0.05) is 11.6 Å². The molecule has 25 heavy (non-hydrogen) atoms. The Labute approximate surface area is 153 Å². The van der Waals surface area contributed by atoms with E-state index >= 15 is 0 Å². The summed E-state index contributed by atoms with van der Waals surface area (Å²) in [6, 6.07) is 1.97. The number of carbonyl (C=O) groups is 1. The lowest BCUT2D eigenvalue weighted by atomic mass is 9.78. The largest absolute Gasteiger partial charge is 0.393 e. The van der Waals surface area contributed by atoms with Crippen molar-refractivity contribution in [2.75, 3.05) is 24.5 Å². The first-order valence-corrected chi connectivity index (χ1v) is 9.68. The van der Waals surface area contributed by atoms with Gasteiger partial charge in [0, 0.05) is 31.9 Å². The van der Waals surface area contributed by atoms with Crippen molar-refractivity contribution in [1.29, 1.82) is 0 Å². The Bertz CT molecular complexity index is 650. The summed E-state index contributed by atoms with van der Waals surface area (Å²) < 4.78 is 0. The third kappa shape index (κ3) is 3.22. The molecule has 3 fully saturated rings. The van der Waals surface area contributed by atoms with Crippen molar-refractivity contribution in [2.45, 2.75) is 57.1 Å². The highest BCUT2D eigenvalue weighted by molar-refractivity contribution is 6.29. The van der Waals surface area contributed by atoms with Gasteiger partial charge in [-0.25, -0.2) is 9.97 Å². The van der Waals surface area contributed by atoms with Gasteiger partial charge in [-0.2, -0.15) is 0 Å². The minimum Gasteiger partial charge on any atom is -0.393 e. The third-order valence-electron chi connectivity index (χ3n) is 6.12. The monoisotopic (exact) mass is 364 g/mol. The van der Waals surface area contributed by atoms with Crippen LogP contribution in [0.4, 0.5) is 5.95 Å². The summed E-state index contributed by atoms with van der Waals surface area (Å²) in [6.45, 7) is 2.38. The van der Waals surface area contributed by atoms with Crippen LogP contribution in [0.25, 0.3) is 0 Å². The van der Waals surface area contributed by atoms with Crippen LogP contribution < -0.4 is 4.90 Å². The SMILES string of the molecule is O=C1N(C2CCC(O)CC2)CCC12CCCN(c1nccc(Cl)n1)C2. The number of aliphatic hydroxyl groups excluding tert-OH is 1. The molecule has 1 N–H and O–H groups in total. The van der Waals surface area contributed by atoms with Gasteiger partial charge in [-0.3, -0.25) is 4.79 Å². The van der Waals surface area contributed by atoms with Gasteiger partial charge in [0.15, 0.2) is 0 Å². The molecule has 1 spiro atoms. The maximum atomic E-state index is 13.3. The minimum absolute atomic E-state index is 0.187. The van der Waals surface area contributed by atoms with Crippen molar-refractivity contribution in [1.82, 2.24) is 14.9 Å². The van der Waals surface area contributed by atoms with Crippen LogP contribution in [-0.4, -0.2) is 57.7 Å². The van der Waals surface area contributed by atoms with Gasteiger partial charge in [0.25, 0.3) is 0 Å². The van der Waals surface area contributed by atoms with Crippen LogP contribution in [0.3, 0.4) is 0 Å². The Morgan fingerprint density at radius 2 is 2.00 bits per heavy atom. The molecule has 1 amide bonds. The number of nitrogens with zero attached hydrogens (tertiary/aromatic N) is 4. The highest BCUT2D eigenvalue weighted by atomic mass is 35.5. The van der Waals surface area contributed by atoms with Gasteiger partial charge in [-0.05, 0) is 51.0 Å². The van der Waals surface area contributed by atoms with Gasteiger partial charge in [0.1, 0.15) is 5.15 Å². The second-order valence-corrected chi connectivity index (χ2v) is 8.08. The zero-order chi connectivity index (χ0) is 17.4. The van der Waals surface area contributed by atoms with Crippen molar-refractivity contribution in [3.63, 3.8) is 0 Å². The molecule has 7 heteroatoms. The van der Waals surface area contributed by atoms with E-state index in [1.165, 1.54) is 0 Å². The lowest BCUT2D eigenvalue weighted by molar-refractivity contribution is -0.139. The molecule has 0 aromatic carbocycles. The number of hydrogen-bond donors (Lipinski definition) is 1. The molecule has 6 nitrogen and oxygen atoms in total. The molecule has 0 radical (unpaired) electrons. The maximum Gasteiger partial charge on any atom is 0.230 e. The first-order valence-electron chi connectivity index (χ1n) is 9.30. The molecule has 136 valence electrons. The van der Waals surface area contributed by atoms with E-state index in [2.05, 4.69) is 19.8 Å². The molecule has 1 aromatic heterocycles. The van der Waals surface area contributed by atoms with E-state index in [0.29, 0.717) is 29.6 Å². The summed E-state index contributed by atoms with van der Waals surface area (Å²) in [7, 11) is 0. The second-order valence-electron chi connectivity index (χ2n) is 7.70. The van der Waals surface area contributed by atoms with Crippen LogP contribution in [0.15, 0.2) is 12.3 Å². The number of halogens is 1. The molecule has 4 rings (SSSR count). The molecule has 1 aliphatic carbocycles. The van der Waals surface area contributed by atoms with Crippen LogP contribution in [-0.2, 0) is 4.79 Å². The Morgan fingerprint density at radius 1 is 1.20 bits per heavy atom. The van der Waals surface area contributed by atoms with Gasteiger partial charge in [0.05, 0.1) is 11.5 Å². The van der Waals surface area contributed by atoms with Crippen molar-refractivity contribution < 1.29 is 9.90 Å². The van der Waals surface area contributed by atoms with E-state index in [-0.39, 0.29) is 11.5 Å². The fourth-order valence-electron chi connectivity index (χ4n) is 4.73. The summed E-state index contributed by atoms with van der Waals surface area (Å²) in [5.74, 6) is 0.916. The van der Waals surface area contributed by atoms with Gasteiger partial charge < -0.3 is 14.9 Å². The third-order valence-corrected chi connectivity index (χ3v) is 6.33. The van der Waals surface area contributed by atoms with E-state index in [4.69, 9.17) is 11.6 Å². The number of piperidine rings is 1. The van der Waals surface area contributed by atoms with E-state index in [0.717, 1.165) is 58.0 Å². The quantitative estimate of drug-likeness (QED) is 0.815. The number of likely N-dealkylation sites (tertiary alicyclic amines) is 1. The number of rotatable bonds is 2. The summed E-state index contributed by atoms with van der Waals surface area (Å²) >= 11 is 6.01. The first kappa shape index (κ1) is 17.0. The van der Waals surface area contributed by atoms with Crippen molar-refractivity contribution >= 4 is 23.5 Å². The fourth-order valence-corrected chi connectivity index (χ4v) is 4.86. The molecular weight excluding hydrogens is 340 g/mol. The Balaban J connectivity index is 1.49. The van der Waals surface area contributed by atoms with E-state index in [1.807, 2.05) is 0 Å². The molecule has 1 aromatic rings. The maximum absolute atomic E-state index is 13.3. The highest BCUT2D eigenvalue weighted by Crippen LogP contribution is 2.43. The van der Waals surface area contributed by atoms with Crippen LogP contribution >= 0.6 is 11.6 Å².